The van der Waals surface area contributed by atoms with Gasteiger partial charge in [0.05, 0.1) is 34.8 Å². The van der Waals surface area contributed by atoms with Gasteiger partial charge in [-0.2, -0.15) is 0 Å². The lowest BCUT2D eigenvalue weighted by Gasteiger charge is -2.16. The monoisotopic (exact) mass is 494 g/mol. The molecule has 4 rings (SSSR count). The van der Waals surface area contributed by atoms with Crippen molar-refractivity contribution < 1.29 is 14.5 Å². The maximum atomic E-state index is 13.2. The predicted molar refractivity (Wildman–Crippen MR) is 136 cm³/mol. The van der Waals surface area contributed by atoms with E-state index in [1.807, 2.05) is 6.07 Å². The first kappa shape index (κ1) is 24.5. The number of amides is 1. The summed E-state index contributed by atoms with van der Waals surface area (Å²) in [5.41, 5.74) is 1.59. The standard InChI is InChI=1S/C25H26N4O5S/c1-34-18-11-12-21(22(15-18)29(32)33)26-23(30)16-35-25-27-20-10-6-5-9-19(20)24(31)28(25)14-13-17-7-3-2-4-8-17/h5-7,9-12,15H,2-4,8,13-14,16H2,1H3,(H,26,30). The van der Waals surface area contributed by atoms with E-state index in [9.17, 15) is 19.7 Å². The number of hydrogen-bond acceptors (Lipinski definition) is 7. The molecule has 0 saturated carbocycles. The number of nitrogens with one attached hydrogen (secondary N) is 1. The smallest absolute Gasteiger partial charge is 0.296 e. The third kappa shape index (κ3) is 5.89. The van der Waals surface area contributed by atoms with Crippen LogP contribution in [0.3, 0.4) is 0 Å². The zero-order chi connectivity index (χ0) is 24.8. The van der Waals surface area contributed by atoms with E-state index in [1.54, 1.807) is 22.8 Å². The van der Waals surface area contributed by atoms with Crippen molar-refractivity contribution in [2.75, 3.05) is 18.2 Å². The number of rotatable bonds is 9. The number of carbonyl (C=O) groups excluding carboxylic acids is 1. The van der Waals surface area contributed by atoms with Crippen molar-refractivity contribution in [1.29, 1.82) is 0 Å². The molecule has 0 spiro atoms. The molecule has 3 aromatic rings. The molecular formula is C25H26N4O5S. The number of nitro benzene ring substituents is 1. The zero-order valence-electron chi connectivity index (χ0n) is 19.4. The van der Waals surface area contributed by atoms with Gasteiger partial charge in [-0.25, -0.2) is 4.98 Å². The van der Waals surface area contributed by atoms with Crippen molar-refractivity contribution in [2.45, 2.75) is 43.8 Å². The van der Waals surface area contributed by atoms with E-state index in [1.165, 1.54) is 37.3 Å². The Balaban J connectivity index is 1.54. The molecule has 0 aliphatic heterocycles. The number of allylic oxidation sites excluding steroid dienone is 2. The summed E-state index contributed by atoms with van der Waals surface area (Å²) >= 11 is 1.14. The molecule has 0 fully saturated rings. The van der Waals surface area contributed by atoms with E-state index < -0.39 is 10.8 Å². The van der Waals surface area contributed by atoms with Gasteiger partial charge in [0.15, 0.2) is 5.16 Å². The number of anilines is 1. The molecule has 1 amide bonds. The highest BCUT2D eigenvalue weighted by Crippen LogP contribution is 2.29. The van der Waals surface area contributed by atoms with Crippen LogP contribution in [-0.2, 0) is 11.3 Å². The lowest BCUT2D eigenvalue weighted by molar-refractivity contribution is -0.384. The maximum absolute atomic E-state index is 13.2. The summed E-state index contributed by atoms with van der Waals surface area (Å²) in [6.45, 7) is 0.483. The van der Waals surface area contributed by atoms with Gasteiger partial charge in [0.25, 0.3) is 11.2 Å². The number of benzene rings is 2. The summed E-state index contributed by atoms with van der Waals surface area (Å²) in [5.74, 6) is -0.176. The second-order valence-corrected chi connectivity index (χ2v) is 9.15. The van der Waals surface area contributed by atoms with Crippen molar-refractivity contribution in [3.05, 3.63) is 74.6 Å². The molecule has 182 valence electrons. The third-order valence-corrected chi connectivity index (χ3v) is 6.85. The Morgan fingerprint density at radius 2 is 2.09 bits per heavy atom. The molecule has 1 aromatic heterocycles. The van der Waals surface area contributed by atoms with Crippen LogP contribution in [-0.4, -0.2) is 33.2 Å². The number of aromatic nitrogens is 2. The first-order chi connectivity index (χ1) is 17.0. The lowest BCUT2D eigenvalue weighted by atomic mass is 9.97. The topological polar surface area (TPSA) is 116 Å². The predicted octanol–water partition coefficient (Wildman–Crippen LogP) is 4.93. The van der Waals surface area contributed by atoms with Crippen molar-refractivity contribution in [2.24, 2.45) is 0 Å². The van der Waals surface area contributed by atoms with Gasteiger partial charge < -0.3 is 10.1 Å². The Kier molecular flexibility index (Phi) is 7.81. The quantitative estimate of drug-likeness (QED) is 0.147. The van der Waals surface area contributed by atoms with Crippen molar-refractivity contribution in [1.82, 2.24) is 9.55 Å². The van der Waals surface area contributed by atoms with Gasteiger partial charge in [-0.15, -0.1) is 0 Å². The van der Waals surface area contributed by atoms with Gasteiger partial charge >= 0.3 is 0 Å². The molecule has 10 heteroatoms. The van der Waals surface area contributed by atoms with Crippen molar-refractivity contribution >= 4 is 39.9 Å². The van der Waals surface area contributed by atoms with E-state index >= 15 is 0 Å². The third-order valence-electron chi connectivity index (χ3n) is 5.88. The van der Waals surface area contributed by atoms with Gasteiger partial charge in [-0.05, 0) is 56.4 Å². The highest BCUT2D eigenvalue weighted by atomic mass is 32.2. The molecule has 0 unspecified atom stereocenters. The minimum atomic E-state index is -0.576. The van der Waals surface area contributed by atoms with E-state index in [0.29, 0.717) is 28.4 Å². The van der Waals surface area contributed by atoms with Crippen LogP contribution in [0.25, 0.3) is 10.9 Å². The zero-order valence-corrected chi connectivity index (χ0v) is 20.2. The number of ether oxygens (including phenoxy) is 1. The van der Waals surface area contributed by atoms with E-state index in [-0.39, 0.29) is 22.7 Å². The molecule has 0 atom stereocenters. The molecule has 0 bridgehead atoms. The Bertz CT molecular complexity index is 1350. The Morgan fingerprint density at radius 1 is 1.26 bits per heavy atom. The molecule has 2 aromatic carbocycles. The molecule has 1 aliphatic rings. The van der Waals surface area contributed by atoms with E-state index in [2.05, 4.69) is 16.4 Å². The SMILES string of the molecule is COc1ccc(NC(=O)CSc2nc3ccccc3c(=O)n2CCC2=CCCCC2)c([N+](=O)[O-])c1. The number of para-hydroxylation sites is 1. The number of carbonyl (C=O) groups is 1. The highest BCUT2D eigenvalue weighted by Gasteiger charge is 2.19. The molecule has 1 aliphatic carbocycles. The van der Waals surface area contributed by atoms with Gasteiger partial charge in [-0.1, -0.05) is 35.5 Å². The number of fused-ring (bicyclic) bond motifs is 1. The first-order valence-electron chi connectivity index (χ1n) is 11.4. The van der Waals surface area contributed by atoms with E-state index in [4.69, 9.17) is 4.74 Å². The first-order valence-corrected chi connectivity index (χ1v) is 12.4. The molecule has 1 heterocycles. The van der Waals surface area contributed by atoms with Crippen molar-refractivity contribution in [3.63, 3.8) is 0 Å². The fourth-order valence-corrected chi connectivity index (χ4v) is 4.88. The molecule has 35 heavy (non-hydrogen) atoms. The summed E-state index contributed by atoms with van der Waals surface area (Å²) in [6.07, 6.45) is 7.49. The van der Waals surface area contributed by atoms with Crippen LogP contribution in [0.1, 0.15) is 32.1 Å². The fraction of sp³-hybridized carbons (Fsp3) is 0.320. The van der Waals surface area contributed by atoms with E-state index in [0.717, 1.165) is 37.4 Å². The Morgan fingerprint density at radius 3 is 2.83 bits per heavy atom. The average Bonchev–Trinajstić information content (AvgIpc) is 2.87. The summed E-state index contributed by atoms with van der Waals surface area (Å²) in [7, 11) is 1.41. The summed E-state index contributed by atoms with van der Waals surface area (Å²) < 4.78 is 6.66. The molecule has 0 saturated heterocycles. The highest BCUT2D eigenvalue weighted by molar-refractivity contribution is 7.99. The molecule has 1 N–H and O–H groups in total. The largest absolute Gasteiger partial charge is 0.496 e. The Labute approximate surface area is 206 Å². The average molecular weight is 495 g/mol. The van der Waals surface area contributed by atoms with Crippen LogP contribution in [0, 0.1) is 10.1 Å². The molecule has 0 radical (unpaired) electrons. The van der Waals surface area contributed by atoms with Crippen LogP contribution in [0.5, 0.6) is 5.75 Å². The maximum Gasteiger partial charge on any atom is 0.296 e. The van der Waals surface area contributed by atoms with Crippen molar-refractivity contribution in [3.8, 4) is 5.75 Å². The minimum absolute atomic E-state index is 0.0589. The van der Waals surface area contributed by atoms with Gasteiger partial charge in [0.1, 0.15) is 11.4 Å². The minimum Gasteiger partial charge on any atom is -0.496 e. The summed E-state index contributed by atoms with van der Waals surface area (Å²) in [5, 5.41) is 15.0. The molecular weight excluding hydrogens is 468 g/mol. The number of nitrogens with zero attached hydrogens (tertiary/aromatic N) is 3. The Hall–Kier alpha value is -3.66. The van der Waals surface area contributed by atoms with Gasteiger partial charge in [0.2, 0.25) is 5.91 Å². The second-order valence-electron chi connectivity index (χ2n) is 8.20. The fourth-order valence-electron chi connectivity index (χ4n) is 4.05. The molecule has 9 nitrogen and oxygen atoms in total. The summed E-state index contributed by atoms with van der Waals surface area (Å²) in [6, 6.07) is 11.4. The van der Waals surface area contributed by atoms with Crippen LogP contribution in [0.15, 0.2) is 64.1 Å². The van der Waals surface area contributed by atoms with Crippen LogP contribution in [0.2, 0.25) is 0 Å². The number of methoxy groups -OCH3 is 1. The van der Waals surface area contributed by atoms with Crippen LogP contribution >= 0.6 is 11.8 Å². The number of nitro groups is 1. The number of hydrogen-bond donors (Lipinski definition) is 1. The van der Waals surface area contributed by atoms with Crippen LogP contribution in [0.4, 0.5) is 11.4 Å². The second kappa shape index (κ2) is 11.2. The van der Waals surface area contributed by atoms with Crippen LogP contribution < -0.4 is 15.6 Å². The van der Waals surface area contributed by atoms with Gasteiger partial charge in [-0.3, -0.25) is 24.3 Å². The van der Waals surface area contributed by atoms with Gasteiger partial charge in [0, 0.05) is 6.54 Å². The lowest BCUT2D eigenvalue weighted by Crippen LogP contribution is -2.24. The normalized spacial score (nSPS) is 13.3. The summed E-state index contributed by atoms with van der Waals surface area (Å²) in [4.78, 5) is 41.4. The number of thioether (sulfide) groups is 1.